The highest BCUT2D eigenvalue weighted by molar-refractivity contribution is 5.99. The number of carbonyl (C=O) groups excluding carboxylic acids is 2. The van der Waals surface area contributed by atoms with Crippen LogP contribution in [-0.4, -0.2) is 52.7 Å². The van der Waals surface area contributed by atoms with Crippen molar-refractivity contribution in [1.29, 1.82) is 0 Å². The molecule has 0 aliphatic carbocycles. The molecule has 2 aliphatic rings. The van der Waals surface area contributed by atoms with Crippen molar-refractivity contribution in [3.05, 3.63) is 29.6 Å². The number of nitrogens with zero attached hydrogens (tertiary/aromatic N) is 2. The van der Waals surface area contributed by atoms with Crippen LogP contribution in [-0.2, 0) is 15.7 Å². The number of aromatic nitrogens is 1. The molecule has 1 amide bonds. The number of carbonyl (C=O) groups is 2. The maximum atomic E-state index is 13.2. The molecular weight excluding hydrogens is 377 g/mol. The molecule has 0 N–H and O–H groups in total. The molecule has 2 fully saturated rings. The number of ketones is 1. The number of amides is 1. The highest BCUT2D eigenvalue weighted by Gasteiger charge is 2.46. The van der Waals surface area contributed by atoms with Crippen molar-refractivity contribution >= 4 is 11.9 Å². The zero-order chi connectivity index (χ0) is 20.7. The first-order valence-corrected chi connectivity index (χ1v) is 9.13. The van der Waals surface area contributed by atoms with E-state index < -0.39 is 52.9 Å². The van der Waals surface area contributed by atoms with Crippen LogP contribution in [0.25, 0.3) is 0 Å². The highest BCUT2D eigenvalue weighted by atomic mass is 19.4. The molecule has 0 aromatic carbocycles. The lowest BCUT2D eigenvalue weighted by atomic mass is 9.80. The predicted octanol–water partition coefficient (Wildman–Crippen LogP) is 3.70. The lowest BCUT2D eigenvalue weighted by molar-refractivity contribution is -0.141. The molecule has 9 heteroatoms. The molecule has 2 bridgehead atoms. The Morgan fingerprint density at radius 3 is 2.32 bits per heavy atom. The van der Waals surface area contributed by atoms with E-state index >= 15 is 0 Å². The molecule has 3 heterocycles. The SMILES string of the molecule is CC(C)(C)OC(=O)N1C2COCC1CC(C(=O)c1cccnc1C(F)(F)F)C2. The van der Waals surface area contributed by atoms with Crippen molar-refractivity contribution in [3.63, 3.8) is 0 Å². The summed E-state index contributed by atoms with van der Waals surface area (Å²) in [4.78, 5) is 30.4. The van der Waals surface area contributed by atoms with E-state index in [4.69, 9.17) is 9.47 Å². The third-order valence-corrected chi connectivity index (χ3v) is 4.84. The summed E-state index contributed by atoms with van der Waals surface area (Å²) in [5.74, 6) is -1.23. The first kappa shape index (κ1) is 20.6. The van der Waals surface area contributed by atoms with Gasteiger partial charge in [-0.05, 0) is 45.7 Å². The summed E-state index contributed by atoms with van der Waals surface area (Å²) < 4.78 is 50.6. The summed E-state index contributed by atoms with van der Waals surface area (Å²) in [5, 5.41) is 0. The summed E-state index contributed by atoms with van der Waals surface area (Å²) in [6.07, 6.45) is -3.73. The van der Waals surface area contributed by atoms with E-state index in [0.717, 1.165) is 12.3 Å². The number of alkyl halides is 3. The molecule has 1 aromatic rings. The number of fused-ring (bicyclic) bond motifs is 2. The molecule has 0 spiro atoms. The number of pyridine rings is 1. The van der Waals surface area contributed by atoms with Gasteiger partial charge in [0.05, 0.1) is 25.3 Å². The first-order valence-electron chi connectivity index (χ1n) is 9.13. The summed E-state index contributed by atoms with van der Waals surface area (Å²) in [5.41, 5.74) is -2.27. The zero-order valence-electron chi connectivity index (χ0n) is 16.0. The maximum absolute atomic E-state index is 13.2. The Balaban J connectivity index is 1.81. The molecule has 2 saturated heterocycles. The van der Waals surface area contributed by atoms with Crippen LogP contribution < -0.4 is 0 Å². The van der Waals surface area contributed by atoms with Gasteiger partial charge < -0.3 is 9.47 Å². The van der Waals surface area contributed by atoms with Crippen molar-refractivity contribution in [2.75, 3.05) is 13.2 Å². The molecule has 28 heavy (non-hydrogen) atoms. The number of halogens is 3. The van der Waals surface area contributed by atoms with Crippen LogP contribution in [0.3, 0.4) is 0 Å². The van der Waals surface area contributed by atoms with E-state index in [1.54, 1.807) is 25.7 Å². The quantitative estimate of drug-likeness (QED) is 0.708. The Hall–Kier alpha value is -2.16. The van der Waals surface area contributed by atoms with Gasteiger partial charge in [0.25, 0.3) is 0 Å². The normalized spacial score (nSPS) is 25.4. The molecule has 1 aromatic heterocycles. The predicted molar refractivity (Wildman–Crippen MR) is 92.8 cm³/mol. The monoisotopic (exact) mass is 400 g/mol. The number of piperidine rings is 1. The molecule has 6 nitrogen and oxygen atoms in total. The third kappa shape index (κ3) is 4.29. The topological polar surface area (TPSA) is 68.7 Å². The number of hydrogen-bond donors (Lipinski definition) is 0. The van der Waals surface area contributed by atoms with Crippen LogP contribution in [0.15, 0.2) is 18.3 Å². The van der Waals surface area contributed by atoms with Gasteiger partial charge in [-0.1, -0.05) is 0 Å². The van der Waals surface area contributed by atoms with E-state index in [1.807, 2.05) is 0 Å². The minimum atomic E-state index is -4.71. The molecule has 2 atom stereocenters. The van der Waals surface area contributed by atoms with Crippen LogP contribution in [0.2, 0.25) is 0 Å². The second-order valence-electron chi connectivity index (χ2n) is 8.16. The smallest absolute Gasteiger partial charge is 0.434 e. The summed E-state index contributed by atoms with van der Waals surface area (Å²) in [6.45, 7) is 5.72. The van der Waals surface area contributed by atoms with Gasteiger partial charge in [-0.3, -0.25) is 14.7 Å². The van der Waals surface area contributed by atoms with Crippen molar-refractivity contribution in [2.45, 2.75) is 57.5 Å². The Labute approximate surface area is 161 Å². The van der Waals surface area contributed by atoms with E-state index in [0.29, 0.717) is 0 Å². The van der Waals surface area contributed by atoms with Crippen molar-refractivity contribution in [1.82, 2.24) is 9.88 Å². The maximum Gasteiger partial charge on any atom is 0.434 e. The fraction of sp³-hybridized carbons (Fsp3) is 0.632. The van der Waals surface area contributed by atoms with E-state index in [1.165, 1.54) is 6.07 Å². The van der Waals surface area contributed by atoms with Crippen LogP contribution in [0.1, 0.15) is 49.7 Å². The van der Waals surface area contributed by atoms with Gasteiger partial charge in [-0.2, -0.15) is 13.2 Å². The molecular formula is C19H23F3N2O4. The molecule has 0 saturated carbocycles. The van der Waals surface area contributed by atoms with Crippen LogP contribution in [0, 0.1) is 5.92 Å². The Bertz CT molecular complexity index is 746. The average Bonchev–Trinajstić information content (AvgIpc) is 2.57. The van der Waals surface area contributed by atoms with Crippen molar-refractivity contribution < 1.29 is 32.2 Å². The Morgan fingerprint density at radius 2 is 1.79 bits per heavy atom. The van der Waals surface area contributed by atoms with E-state index in [2.05, 4.69) is 4.98 Å². The lowest BCUT2D eigenvalue weighted by Gasteiger charge is -2.47. The van der Waals surface area contributed by atoms with Crippen molar-refractivity contribution in [3.8, 4) is 0 Å². The second-order valence-corrected chi connectivity index (χ2v) is 8.16. The van der Waals surface area contributed by atoms with Crippen LogP contribution >= 0.6 is 0 Å². The molecule has 2 aliphatic heterocycles. The number of ether oxygens (including phenoxy) is 2. The number of hydrogen-bond acceptors (Lipinski definition) is 5. The van der Waals surface area contributed by atoms with Gasteiger partial charge >= 0.3 is 12.3 Å². The molecule has 0 radical (unpaired) electrons. The summed E-state index contributed by atoms with van der Waals surface area (Å²) in [6, 6.07) is 1.65. The Kier molecular flexibility index (Phi) is 5.40. The average molecular weight is 400 g/mol. The number of rotatable bonds is 2. The minimum absolute atomic E-state index is 0.221. The van der Waals surface area contributed by atoms with Gasteiger partial charge in [0.1, 0.15) is 5.60 Å². The molecule has 3 rings (SSSR count). The van der Waals surface area contributed by atoms with Crippen LogP contribution in [0.4, 0.5) is 18.0 Å². The van der Waals surface area contributed by atoms with E-state index in [9.17, 15) is 22.8 Å². The van der Waals surface area contributed by atoms with Gasteiger partial charge in [0, 0.05) is 17.7 Å². The number of morpholine rings is 1. The highest BCUT2D eigenvalue weighted by Crippen LogP contribution is 2.37. The van der Waals surface area contributed by atoms with Gasteiger partial charge in [-0.25, -0.2) is 4.79 Å². The summed E-state index contributed by atoms with van der Waals surface area (Å²) in [7, 11) is 0. The standard InChI is InChI=1S/C19H23F3N2O4/c1-18(2,3)28-17(26)24-12-7-11(8-13(24)10-27-9-12)15(25)14-5-4-6-23-16(14)19(20,21)22/h4-6,11-13H,7-10H2,1-3H3. The fourth-order valence-corrected chi connectivity index (χ4v) is 3.79. The molecule has 2 unspecified atom stereocenters. The zero-order valence-corrected chi connectivity index (χ0v) is 16.0. The van der Waals surface area contributed by atoms with Gasteiger partial charge in [0.2, 0.25) is 0 Å². The van der Waals surface area contributed by atoms with Crippen LogP contribution in [0.5, 0.6) is 0 Å². The first-order chi connectivity index (χ1) is 13.0. The fourth-order valence-electron chi connectivity index (χ4n) is 3.79. The van der Waals surface area contributed by atoms with Gasteiger partial charge in [0.15, 0.2) is 11.5 Å². The second kappa shape index (κ2) is 7.35. The third-order valence-electron chi connectivity index (χ3n) is 4.84. The number of Topliss-reactive ketones (excluding diaryl/α,β-unsaturated/α-hetero) is 1. The summed E-state index contributed by atoms with van der Waals surface area (Å²) >= 11 is 0. The van der Waals surface area contributed by atoms with E-state index in [-0.39, 0.29) is 26.1 Å². The molecule has 154 valence electrons. The van der Waals surface area contributed by atoms with Gasteiger partial charge in [-0.15, -0.1) is 0 Å². The minimum Gasteiger partial charge on any atom is -0.444 e. The largest absolute Gasteiger partial charge is 0.444 e. The Morgan fingerprint density at radius 1 is 1.18 bits per heavy atom. The lowest BCUT2D eigenvalue weighted by Crippen LogP contribution is -2.60. The van der Waals surface area contributed by atoms with Crippen molar-refractivity contribution in [2.24, 2.45) is 5.92 Å².